The summed E-state index contributed by atoms with van der Waals surface area (Å²) in [4.78, 5) is 33.3. The van der Waals surface area contributed by atoms with Crippen molar-refractivity contribution in [1.82, 2.24) is 0 Å². The van der Waals surface area contributed by atoms with Crippen LogP contribution in [0.15, 0.2) is 20.7 Å². The fourth-order valence-electron chi connectivity index (χ4n) is 2.44. The molecule has 1 rings (SSSR count). The second kappa shape index (κ2) is 4.30. The molecule has 0 fully saturated rings. The summed E-state index contributed by atoms with van der Waals surface area (Å²) >= 11 is -4.55. The van der Waals surface area contributed by atoms with E-state index in [2.05, 4.69) is 0 Å². The molecular weight excluding hydrogens is 388 g/mol. The van der Waals surface area contributed by atoms with Crippen LogP contribution in [-0.4, -0.2) is 12.8 Å². The molecule has 0 saturated heterocycles. The molecule has 0 N–H and O–H groups in total. The van der Waals surface area contributed by atoms with Crippen molar-refractivity contribution in [2.75, 3.05) is 0 Å². The fourth-order valence-corrected chi connectivity index (χ4v) is 9.85. The first-order valence-electron chi connectivity index (χ1n) is 5.26. The van der Waals surface area contributed by atoms with Crippen molar-refractivity contribution in [2.45, 2.75) is 34.6 Å². The van der Waals surface area contributed by atoms with Gasteiger partial charge in [0.2, 0.25) is 0 Å². The molecule has 1 aliphatic carbocycles. The molecule has 0 radical (unpaired) electrons. The summed E-state index contributed by atoms with van der Waals surface area (Å²) in [6.07, 6.45) is 0. The summed E-state index contributed by atoms with van der Waals surface area (Å²) < 4.78 is 5.81. The van der Waals surface area contributed by atoms with Crippen molar-refractivity contribution in [3.8, 4) is 0 Å². The van der Waals surface area contributed by atoms with Gasteiger partial charge < -0.3 is 0 Å². The second-order valence-electron chi connectivity index (χ2n) is 4.79. The minimum absolute atomic E-state index is 0.432. The number of hydrogen-bond donors (Lipinski definition) is 0. The van der Waals surface area contributed by atoms with E-state index in [0.717, 1.165) is 16.7 Å². The third-order valence-electron chi connectivity index (χ3n) is 3.76. The number of hydrogen-bond acceptors (Lipinski definition) is 3. The van der Waals surface area contributed by atoms with Crippen LogP contribution in [0.1, 0.15) is 34.6 Å². The first-order chi connectivity index (χ1) is 7.78. The van der Waals surface area contributed by atoms with Gasteiger partial charge in [0.25, 0.3) is 0 Å². The van der Waals surface area contributed by atoms with Crippen molar-refractivity contribution in [2.24, 2.45) is 5.41 Å². The Labute approximate surface area is 103 Å². The van der Waals surface area contributed by atoms with Crippen LogP contribution in [0, 0.1) is 5.41 Å². The Bertz CT molecular complexity index is 654. The molecule has 0 heterocycles. The van der Waals surface area contributed by atoms with E-state index >= 15 is 0 Å². The fraction of sp³-hybridized carbons (Fsp3) is 0.462. The Balaban J connectivity index is 4.03. The van der Waals surface area contributed by atoms with E-state index < -0.39 is 20.1 Å². The maximum absolute atomic E-state index is 11.1. The van der Waals surface area contributed by atoms with Gasteiger partial charge in [-0.1, -0.05) is 0 Å². The molecule has 0 saturated carbocycles. The average Bonchev–Trinajstić information content (AvgIpc) is 2.46. The average molecular weight is 404 g/mol. The summed E-state index contributed by atoms with van der Waals surface area (Å²) in [7, 11) is 0. The van der Waals surface area contributed by atoms with Crippen molar-refractivity contribution in [1.29, 1.82) is 0 Å². The zero-order valence-corrected chi connectivity index (χ0v) is 13.9. The predicted octanol–water partition coefficient (Wildman–Crippen LogP) is 1.72. The summed E-state index contributed by atoms with van der Waals surface area (Å²) in [6.45, 7) is 9.61. The van der Waals surface area contributed by atoms with E-state index in [1.807, 2.05) is 34.6 Å². The Morgan fingerprint density at radius 2 is 1.29 bits per heavy atom. The Morgan fingerprint density at radius 1 is 0.882 bits per heavy atom. The number of allylic oxidation sites excluding steroid dienone is 4. The van der Waals surface area contributed by atoms with Gasteiger partial charge in [-0.25, -0.2) is 0 Å². The molecule has 0 amide bonds. The molecule has 0 spiro atoms. The zero-order valence-electron chi connectivity index (χ0n) is 10.7. The van der Waals surface area contributed by atoms with Gasteiger partial charge in [0.1, 0.15) is 0 Å². The van der Waals surface area contributed by atoms with Crippen LogP contribution >= 0.6 is 0 Å². The quantitative estimate of drug-likeness (QED) is 0.669. The maximum atomic E-state index is 11.1. The molecule has 0 unspecified atom stereocenters. The Hall–Kier alpha value is -1.09. The van der Waals surface area contributed by atoms with Gasteiger partial charge in [-0.15, -0.1) is 0 Å². The van der Waals surface area contributed by atoms with Gasteiger partial charge in [0.15, 0.2) is 0 Å². The third kappa shape index (κ3) is 1.73. The Morgan fingerprint density at radius 3 is 1.53 bits per heavy atom. The molecule has 0 aromatic carbocycles. The molecule has 92 valence electrons. The van der Waals surface area contributed by atoms with Crippen LogP contribution < -0.4 is 0 Å². The van der Waals surface area contributed by atoms with E-state index in [1.165, 1.54) is 0 Å². The standard InChI is InChI=1S/C10H15.3CO.W.H/c1-7-6-10(4,5)9(3)8(7)2;3*1-2;;/h1-5H3;;;;;. The topological polar surface area (TPSA) is 51.2 Å². The summed E-state index contributed by atoms with van der Waals surface area (Å²) in [6, 6.07) is 0. The zero-order chi connectivity index (χ0) is 13.4. The van der Waals surface area contributed by atoms with E-state index in [1.54, 1.807) is 12.8 Å². The van der Waals surface area contributed by atoms with Gasteiger partial charge in [-0.05, 0) is 0 Å². The molecule has 0 aromatic rings. The van der Waals surface area contributed by atoms with Crippen molar-refractivity contribution < 1.29 is 29.1 Å². The van der Waals surface area contributed by atoms with Gasteiger partial charge in [-0.2, -0.15) is 0 Å². The molecule has 0 atom stereocenters. The first kappa shape index (κ1) is 14.0. The first-order valence-corrected chi connectivity index (χ1v) is 11.7. The second-order valence-corrected chi connectivity index (χ2v) is 13.2. The van der Waals surface area contributed by atoms with E-state index in [0.29, 0.717) is 3.96 Å². The van der Waals surface area contributed by atoms with Crippen LogP contribution in [0.3, 0.4) is 0 Å². The third-order valence-corrected chi connectivity index (χ3v) is 12.3. The summed E-state index contributed by atoms with van der Waals surface area (Å²) in [5.41, 5.74) is 2.58. The normalized spacial score (nSPS) is 18.9. The molecule has 4 heteroatoms. The van der Waals surface area contributed by atoms with E-state index in [9.17, 15) is 14.4 Å². The van der Waals surface area contributed by atoms with E-state index in [4.69, 9.17) is 0 Å². The van der Waals surface area contributed by atoms with E-state index in [-0.39, 0.29) is 0 Å². The van der Waals surface area contributed by atoms with Crippen molar-refractivity contribution in [3.63, 3.8) is 0 Å². The molecule has 17 heavy (non-hydrogen) atoms. The molecule has 0 aromatic heterocycles. The monoisotopic (exact) mass is 404 g/mol. The molecule has 0 aliphatic heterocycles. The van der Waals surface area contributed by atoms with Gasteiger partial charge in [-0.3, -0.25) is 0 Å². The number of carbonyl (C=O) groups excluding carboxylic acids is 3. The molecule has 1 aliphatic rings. The van der Waals surface area contributed by atoms with Crippen LogP contribution in [0.25, 0.3) is 0 Å². The van der Waals surface area contributed by atoms with Crippen LogP contribution in [0.2, 0.25) is 0 Å². The summed E-state index contributed by atoms with van der Waals surface area (Å²) in [5, 5.41) is 0. The summed E-state index contributed by atoms with van der Waals surface area (Å²) in [5.74, 6) is 0. The number of rotatable bonds is 1. The van der Waals surface area contributed by atoms with Crippen molar-refractivity contribution >= 4 is 12.8 Å². The van der Waals surface area contributed by atoms with Gasteiger partial charge in [0, 0.05) is 0 Å². The minimum atomic E-state index is -4.55. The molecule has 0 bridgehead atoms. The van der Waals surface area contributed by atoms with Crippen LogP contribution in [0.4, 0.5) is 0 Å². The predicted molar refractivity (Wildman–Crippen MR) is 63.3 cm³/mol. The molecule has 3 nitrogen and oxygen atoms in total. The SMILES string of the molecule is CC1=C(C)C(C)(C)[C]([WH](=[C]=O)(=[C]=O)=[C]=O)=C1C. The van der Waals surface area contributed by atoms with Crippen molar-refractivity contribution in [3.05, 3.63) is 20.7 Å². The van der Waals surface area contributed by atoms with Crippen LogP contribution in [0.5, 0.6) is 0 Å². The van der Waals surface area contributed by atoms with Gasteiger partial charge >= 0.3 is 103 Å². The van der Waals surface area contributed by atoms with Gasteiger partial charge in [0.05, 0.1) is 0 Å². The molecular formula is C13H16O3W. The Kier molecular flexibility index (Phi) is 3.53. The van der Waals surface area contributed by atoms with Crippen LogP contribution in [-0.2, 0) is 29.1 Å².